The zero-order valence-electron chi connectivity index (χ0n) is 16.2. The molecule has 1 aliphatic heterocycles. The monoisotopic (exact) mass is 432 g/mol. The summed E-state index contributed by atoms with van der Waals surface area (Å²) in [6, 6.07) is 7.70. The number of nitrogens with zero attached hydrogens (tertiary/aromatic N) is 2. The van der Waals surface area contributed by atoms with Gasteiger partial charge in [0.05, 0.1) is 25.5 Å². The Kier molecular flexibility index (Phi) is 7.74. The minimum absolute atomic E-state index is 0.121. The molecule has 1 N–H and O–H groups in total. The van der Waals surface area contributed by atoms with Crippen molar-refractivity contribution in [3.8, 4) is 5.75 Å². The molecule has 6 nitrogen and oxygen atoms in total. The van der Waals surface area contributed by atoms with Gasteiger partial charge in [-0.1, -0.05) is 42.6 Å². The molecule has 0 bridgehead atoms. The highest BCUT2D eigenvalue weighted by Crippen LogP contribution is 2.32. The molecule has 0 radical (unpaired) electrons. The van der Waals surface area contributed by atoms with Crippen molar-refractivity contribution in [1.82, 2.24) is 9.88 Å². The molecule has 0 saturated heterocycles. The van der Waals surface area contributed by atoms with Gasteiger partial charge in [0.2, 0.25) is 0 Å². The number of aliphatic hydroxyl groups is 1. The first-order chi connectivity index (χ1) is 14.1. The number of ether oxygens (including phenoxy) is 2. The zero-order chi connectivity index (χ0) is 20.6. The predicted octanol–water partition coefficient (Wildman–Crippen LogP) is 4.22. The number of rotatable bonds is 8. The Morgan fingerprint density at radius 2 is 2.24 bits per heavy atom. The van der Waals surface area contributed by atoms with Crippen LogP contribution in [0, 0.1) is 0 Å². The van der Waals surface area contributed by atoms with E-state index in [2.05, 4.69) is 18.7 Å². The van der Waals surface area contributed by atoms with Crippen LogP contribution in [0.15, 0.2) is 52.7 Å². The molecule has 1 atom stereocenters. The summed E-state index contributed by atoms with van der Waals surface area (Å²) < 4.78 is 11.3. The molecule has 3 rings (SSSR count). The topological polar surface area (TPSA) is 71.9 Å². The van der Waals surface area contributed by atoms with Gasteiger partial charge < -0.3 is 14.6 Å². The Morgan fingerprint density at radius 1 is 1.45 bits per heavy atom. The third kappa shape index (κ3) is 5.62. The van der Waals surface area contributed by atoms with Gasteiger partial charge >= 0.3 is 6.09 Å². The maximum atomic E-state index is 12.1. The van der Waals surface area contributed by atoms with Crippen molar-refractivity contribution in [2.45, 2.75) is 22.6 Å². The molecule has 154 valence electrons. The summed E-state index contributed by atoms with van der Waals surface area (Å²) in [6.07, 6.45) is 3.62. The molecule has 1 aromatic carbocycles. The SMILES string of the molecule is C=CCOC(=O)N1CC=C(c2csc(SCc3ccc(OC)cc3)n2)C[C@@H]1CO. The summed E-state index contributed by atoms with van der Waals surface area (Å²) in [5.41, 5.74) is 3.16. The van der Waals surface area contributed by atoms with Crippen LogP contribution in [0.3, 0.4) is 0 Å². The molecule has 0 fully saturated rings. The molecule has 0 unspecified atom stereocenters. The number of hydrogen-bond acceptors (Lipinski definition) is 7. The number of aliphatic hydroxyl groups excluding tert-OH is 1. The van der Waals surface area contributed by atoms with E-state index in [1.165, 1.54) is 11.6 Å². The van der Waals surface area contributed by atoms with E-state index in [9.17, 15) is 9.90 Å². The van der Waals surface area contributed by atoms with E-state index in [0.717, 1.165) is 27.1 Å². The highest BCUT2D eigenvalue weighted by Gasteiger charge is 2.29. The molecule has 0 saturated carbocycles. The van der Waals surface area contributed by atoms with Crippen LogP contribution in [0.5, 0.6) is 5.75 Å². The first-order valence-electron chi connectivity index (χ1n) is 9.20. The van der Waals surface area contributed by atoms with E-state index in [1.54, 1.807) is 35.1 Å². The van der Waals surface area contributed by atoms with Gasteiger partial charge in [0.15, 0.2) is 4.34 Å². The average molecular weight is 433 g/mol. The molecule has 1 amide bonds. The molecule has 1 aliphatic rings. The fourth-order valence-electron chi connectivity index (χ4n) is 2.95. The first-order valence-corrected chi connectivity index (χ1v) is 11.1. The van der Waals surface area contributed by atoms with E-state index >= 15 is 0 Å². The van der Waals surface area contributed by atoms with Crippen LogP contribution in [0.4, 0.5) is 4.79 Å². The van der Waals surface area contributed by atoms with Crippen molar-refractivity contribution >= 4 is 34.8 Å². The maximum absolute atomic E-state index is 12.1. The van der Waals surface area contributed by atoms with E-state index in [4.69, 9.17) is 14.5 Å². The highest BCUT2D eigenvalue weighted by atomic mass is 32.2. The van der Waals surface area contributed by atoms with Crippen molar-refractivity contribution in [3.63, 3.8) is 0 Å². The Balaban J connectivity index is 1.61. The summed E-state index contributed by atoms with van der Waals surface area (Å²) in [7, 11) is 1.66. The number of hydrogen-bond donors (Lipinski definition) is 1. The zero-order valence-corrected chi connectivity index (χ0v) is 17.9. The van der Waals surface area contributed by atoms with Crippen molar-refractivity contribution in [3.05, 3.63) is 59.6 Å². The van der Waals surface area contributed by atoms with Gasteiger partial charge in [0.1, 0.15) is 12.4 Å². The molecule has 2 heterocycles. The van der Waals surface area contributed by atoms with Gasteiger partial charge in [-0.3, -0.25) is 4.90 Å². The summed E-state index contributed by atoms with van der Waals surface area (Å²) in [5, 5.41) is 11.8. The van der Waals surface area contributed by atoms with Crippen LogP contribution in [-0.2, 0) is 10.5 Å². The van der Waals surface area contributed by atoms with Gasteiger partial charge in [0, 0.05) is 17.7 Å². The molecule has 2 aromatic rings. The van der Waals surface area contributed by atoms with Gasteiger partial charge in [-0.2, -0.15) is 0 Å². The van der Waals surface area contributed by atoms with Crippen LogP contribution in [0.1, 0.15) is 17.7 Å². The predicted molar refractivity (Wildman–Crippen MR) is 116 cm³/mol. The van der Waals surface area contributed by atoms with Crippen LogP contribution in [0.25, 0.3) is 5.57 Å². The normalized spacial score (nSPS) is 16.3. The Labute approximate surface area is 178 Å². The smallest absolute Gasteiger partial charge is 0.410 e. The quantitative estimate of drug-likeness (QED) is 0.498. The summed E-state index contributed by atoms with van der Waals surface area (Å²) in [5.74, 6) is 1.68. The lowest BCUT2D eigenvalue weighted by Gasteiger charge is -2.32. The van der Waals surface area contributed by atoms with Crippen LogP contribution in [-0.4, -0.2) is 54.0 Å². The highest BCUT2D eigenvalue weighted by molar-refractivity contribution is 8.00. The summed E-state index contributed by atoms with van der Waals surface area (Å²) in [6.45, 7) is 3.97. The third-order valence-electron chi connectivity index (χ3n) is 4.53. The lowest BCUT2D eigenvalue weighted by atomic mass is 9.99. The third-order valence-corrected chi connectivity index (χ3v) is 6.63. The largest absolute Gasteiger partial charge is 0.497 e. The minimum atomic E-state index is -0.437. The van der Waals surface area contributed by atoms with Gasteiger partial charge in [-0.15, -0.1) is 11.3 Å². The van der Waals surface area contributed by atoms with Gasteiger partial charge in [0.25, 0.3) is 0 Å². The fraction of sp³-hybridized carbons (Fsp3) is 0.333. The second-order valence-corrected chi connectivity index (χ2v) is 8.50. The van der Waals surface area contributed by atoms with E-state index < -0.39 is 6.09 Å². The number of carbonyl (C=O) groups excluding carboxylic acids is 1. The summed E-state index contributed by atoms with van der Waals surface area (Å²) in [4.78, 5) is 18.4. The summed E-state index contributed by atoms with van der Waals surface area (Å²) >= 11 is 3.29. The van der Waals surface area contributed by atoms with Crippen LogP contribution in [0.2, 0.25) is 0 Å². The lowest BCUT2D eigenvalue weighted by molar-refractivity contribution is 0.0804. The second kappa shape index (κ2) is 10.5. The number of aromatic nitrogens is 1. The standard InChI is InChI=1S/C21H24N2O4S2/c1-3-10-27-21(25)23-9-8-16(11-17(23)12-24)19-14-29-20(22-19)28-13-15-4-6-18(26-2)7-5-15/h3-8,14,17,24H,1,9-13H2,2H3/t17-/m1/s1. The molecule has 1 aromatic heterocycles. The molecule has 0 aliphatic carbocycles. The van der Waals surface area contributed by atoms with Crippen LogP contribution >= 0.6 is 23.1 Å². The Bertz CT molecular complexity index is 864. The van der Waals surface area contributed by atoms with E-state index in [-0.39, 0.29) is 19.3 Å². The van der Waals surface area contributed by atoms with Gasteiger partial charge in [-0.25, -0.2) is 9.78 Å². The molecule has 0 spiro atoms. The fourth-order valence-corrected chi connectivity index (χ4v) is 4.76. The Hall–Kier alpha value is -2.29. The van der Waals surface area contributed by atoms with E-state index in [1.807, 2.05) is 23.6 Å². The molecule has 29 heavy (non-hydrogen) atoms. The Morgan fingerprint density at radius 3 is 2.93 bits per heavy atom. The van der Waals surface area contributed by atoms with Crippen molar-refractivity contribution in [2.75, 3.05) is 26.9 Å². The number of methoxy groups -OCH3 is 1. The number of carbonyl (C=O) groups is 1. The molecule has 8 heteroatoms. The average Bonchev–Trinajstić information content (AvgIpc) is 3.25. The first kappa shape index (κ1) is 21.4. The minimum Gasteiger partial charge on any atom is -0.497 e. The van der Waals surface area contributed by atoms with Crippen molar-refractivity contribution < 1.29 is 19.4 Å². The number of amides is 1. The number of benzene rings is 1. The van der Waals surface area contributed by atoms with Gasteiger partial charge in [-0.05, 0) is 29.7 Å². The van der Waals surface area contributed by atoms with Crippen molar-refractivity contribution in [2.24, 2.45) is 0 Å². The molecular formula is C21H24N2O4S2. The van der Waals surface area contributed by atoms with Crippen LogP contribution < -0.4 is 4.74 Å². The number of thiazole rings is 1. The molecular weight excluding hydrogens is 408 g/mol. The maximum Gasteiger partial charge on any atom is 0.410 e. The number of thioether (sulfide) groups is 1. The van der Waals surface area contributed by atoms with E-state index in [0.29, 0.717) is 13.0 Å². The lowest BCUT2D eigenvalue weighted by Crippen LogP contribution is -2.45. The van der Waals surface area contributed by atoms with Crippen molar-refractivity contribution in [1.29, 1.82) is 0 Å². The second-order valence-electron chi connectivity index (χ2n) is 6.42.